The Kier molecular flexibility index (Phi) is 2.66. The van der Waals surface area contributed by atoms with Crippen LogP contribution in [0.4, 0.5) is 0 Å². The molecule has 0 saturated heterocycles. The van der Waals surface area contributed by atoms with E-state index in [1.165, 1.54) is 0 Å². The van der Waals surface area contributed by atoms with Crippen LogP contribution in [0.2, 0.25) is 0 Å². The van der Waals surface area contributed by atoms with E-state index < -0.39 is 6.10 Å². The zero-order valence-corrected chi connectivity index (χ0v) is 8.59. The maximum atomic E-state index is 9.91. The van der Waals surface area contributed by atoms with Crippen molar-refractivity contribution in [2.75, 3.05) is 0 Å². The Morgan fingerprint density at radius 1 is 1.27 bits per heavy atom. The van der Waals surface area contributed by atoms with E-state index >= 15 is 0 Å². The molecule has 3 heteroatoms. The molecule has 0 aliphatic carbocycles. The molecule has 78 valence electrons. The summed E-state index contributed by atoms with van der Waals surface area (Å²) in [7, 11) is 0. The molecule has 0 aliphatic heterocycles. The number of benzene rings is 1. The van der Waals surface area contributed by atoms with Crippen molar-refractivity contribution >= 4 is 10.8 Å². The Hall–Kier alpha value is -1.45. The molecular weight excluding hydrogens is 188 g/mol. The Morgan fingerprint density at radius 2 is 2.00 bits per heavy atom. The molecule has 1 heterocycles. The van der Waals surface area contributed by atoms with Crippen molar-refractivity contribution < 1.29 is 5.11 Å². The molecule has 0 radical (unpaired) electrons. The zero-order chi connectivity index (χ0) is 10.8. The maximum absolute atomic E-state index is 9.91. The number of aromatic nitrogens is 1. The molecule has 0 fully saturated rings. The van der Waals surface area contributed by atoms with Gasteiger partial charge in [-0.05, 0) is 18.4 Å². The van der Waals surface area contributed by atoms with Crippen LogP contribution in [-0.2, 0) is 0 Å². The van der Waals surface area contributed by atoms with Gasteiger partial charge in [-0.1, -0.05) is 24.3 Å². The third kappa shape index (κ3) is 1.84. The van der Waals surface area contributed by atoms with E-state index in [2.05, 4.69) is 4.98 Å². The largest absolute Gasteiger partial charge is 0.385 e. The maximum Gasteiger partial charge on any atom is 0.111 e. The van der Waals surface area contributed by atoms with Crippen molar-refractivity contribution in [1.29, 1.82) is 0 Å². The molecule has 0 amide bonds. The number of nitrogens with two attached hydrogens (primary N) is 1. The fraction of sp³-hybridized carbons (Fsp3) is 0.250. The van der Waals surface area contributed by atoms with Crippen molar-refractivity contribution in [2.24, 2.45) is 5.73 Å². The Morgan fingerprint density at radius 3 is 2.73 bits per heavy atom. The highest BCUT2D eigenvalue weighted by atomic mass is 16.3. The summed E-state index contributed by atoms with van der Waals surface area (Å²) in [5.41, 5.74) is 6.32. The molecule has 2 unspecified atom stereocenters. The molecule has 2 rings (SSSR count). The lowest BCUT2D eigenvalue weighted by Gasteiger charge is -2.15. The third-order valence-corrected chi connectivity index (χ3v) is 2.48. The number of aliphatic hydroxyl groups excluding tert-OH is 1. The number of pyridine rings is 1. The van der Waals surface area contributed by atoms with Gasteiger partial charge in [0.1, 0.15) is 6.10 Å². The normalized spacial score (nSPS) is 15.1. The first-order chi connectivity index (χ1) is 7.20. The first-order valence-corrected chi connectivity index (χ1v) is 4.97. The fourth-order valence-electron chi connectivity index (χ4n) is 1.63. The monoisotopic (exact) mass is 202 g/mol. The van der Waals surface area contributed by atoms with E-state index in [1.807, 2.05) is 30.3 Å². The third-order valence-electron chi connectivity index (χ3n) is 2.48. The van der Waals surface area contributed by atoms with E-state index in [0.29, 0.717) is 5.69 Å². The minimum absolute atomic E-state index is 0.316. The van der Waals surface area contributed by atoms with Gasteiger partial charge in [0.15, 0.2) is 0 Å². The molecule has 2 atom stereocenters. The second kappa shape index (κ2) is 3.96. The van der Waals surface area contributed by atoms with Gasteiger partial charge >= 0.3 is 0 Å². The smallest absolute Gasteiger partial charge is 0.111 e. The number of fused-ring (bicyclic) bond motifs is 1. The van der Waals surface area contributed by atoms with Crippen molar-refractivity contribution in [3.63, 3.8) is 0 Å². The molecule has 2 aromatic rings. The summed E-state index contributed by atoms with van der Waals surface area (Å²) in [6.45, 7) is 1.77. The molecule has 0 bridgehead atoms. The van der Waals surface area contributed by atoms with Gasteiger partial charge in [0.25, 0.3) is 0 Å². The van der Waals surface area contributed by atoms with Gasteiger partial charge < -0.3 is 10.8 Å². The molecule has 3 N–H and O–H groups in total. The second-order valence-electron chi connectivity index (χ2n) is 3.72. The lowest BCUT2D eigenvalue weighted by Crippen LogP contribution is -2.25. The summed E-state index contributed by atoms with van der Waals surface area (Å²) < 4.78 is 0. The van der Waals surface area contributed by atoms with Crippen LogP contribution in [0.1, 0.15) is 18.7 Å². The molecular formula is C12H14N2O. The van der Waals surface area contributed by atoms with Crippen LogP contribution in [0.15, 0.2) is 36.5 Å². The highest BCUT2D eigenvalue weighted by Gasteiger charge is 2.16. The molecule has 0 spiro atoms. The summed E-state index contributed by atoms with van der Waals surface area (Å²) in [4.78, 5) is 4.20. The molecule has 3 nitrogen and oxygen atoms in total. The van der Waals surface area contributed by atoms with Crippen molar-refractivity contribution in [3.05, 3.63) is 42.2 Å². The Bertz CT molecular complexity index is 463. The van der Waals surface area contributed by atoms with Crippen LogP contribution in [-0.4, -0.2) is 16.1 Å². The highest BCUT2D eigenvalue weighted by Crippen LogP contribution is 2.23. The van der Waals surface area contributed by atoms with Crippen molar-refractivity contribution in [3.8, 4) is 0 Å². The van der Waals surface area contributed by atoms with Crippen LogP contribution >= 0.6 is 0 Å². The minimum Gasteiger partial charge on any atom is -0.385 e. The van der Waals surface area contributed by atoms with E-state index in [0.717, 1.165) is 10.8 Å². The first kappa shape index (κ1) is 10.1. The molecule has 15 heavy (non-hydrogen) atoms. The van der Waals surface area contributed by atoms with Crippen molar-refractivity contribution in [1.82, 2.24) is 4.98 Å². The summed E-state index contributed by atoms with van der Waals surface area (Å²) >= 11 is 0. The highest BCUT2D eigenvalue weighted by molar-refractivity contribution is 5.84. The van der Waals surface area contributed by atoms with Gasteiger partial charge in [-0.25, -0.2) is 0 Å². The predicted molar refractivity (Wildman–Crippen MR) is 60.4 cm³/mol. The van der Waals surface area contributed by atoms with Gasteiger partial charge in [0, 0.05) is 17.6 Å². The molecule has 1 aromatic heterocycles. The van der Waals surface area contributed by atoms with E-state index in [1.54, 1.807) is 13.1 Å². The van der Waals surface area contributed by atoms with Crippen LogP contribution < -0.4 is 5.73 Å². The quantitative estimate of drug-likeness (QED) is 0.778. The zero-order valence-electron chi connectivity index (χ0n) is 8.59. The second-order valence-corrected chi connectivity index (χ2v) is 3.72. The fourth-order valence-corrected chi connectivity index (χ4v) is 1.63. The van der Waals surface area contributed by atoms with Gasteiger partial charge in [-0.2, -0.15) is 0 Å². The topological polar surface area (TPSA) is 59.1 Å². The first-order valence-electron chi connectivity index (χ1n) is 4.97. The van der Waals surface area contributed by atoms with E-state index in [-0.39, 0.29) is 6.04 Å². The lowest BCUT2D eigenvalue weighted by atomic mass is 10.0. The van der Waals surface area contributed by atoms with E-state index in [9.17, 15) is 5.11 Å². The minimum atomic E-state index is -0.712. The summed E-state index contributed by atoms with van der Waals surface area (Å²) in [6, 6.07) is 9.44. The van der Waals surface area contributed by atoms with Gasteiger partial charge in [0.05, 0.1) is 5.69 Å². The Labute approximate surface area is 88.6 Å². The number of rotatable bonds is 2. The number of nitrogens with zero attached hydrogens (tertiary/aromatic N) is 1. The molecule has 0 aliphatic rings. The summed E-state index contributed by atoms with van der Waals surface area (Å²) in [5, 5.41) is 11.9. The van der Waals surface area contributed by atoms with Crippen LogP contribution in [0, 0.1) is 0 Å². The predicted octanol–water partition coefficient (Wildman–Crippen LogP) is 1.62. The van der Waals surface area contributed by atoms with Crippen LogP contribution in [0.25, 0.3) is 10.8 Å². The molecule has 0 saturated carbocycles. The standard InChI is InChI=1S/C12H14N2O/c1-8(13)12(15)11-10-5-3-2-4-9(10)6-7-14-11/h2-8,12,15H,13H2,1H3. The number of aliphatic hydroxyl groups is 1. The van der Waals surface area contributed by atoms with Crippen molar-refractivity contribution in [2.45, 2.75) is 19.1 Å². The number of hydrogen-bond acceptors (Lipinski definition) is 3. The SMILES string of the molecule is CC(N)C(O)c1nccc2ccccc12. The lowest BCUT2D eigenvalue weighted by molar-refractivity contribution is 0.150. The average Bonchev–Trinajstić information content (AvgIpc) is 2.27. The summed E-state index contributed by atoms with van der Waals surface area (Å²) in [5.74, 6) is 0. The number of hydrogen-bond donors (Lipinski definition) is 2. The van der Waals surface area contributed by atoms with Gasteiger partial charge in [0.2, 0.25) is 0 Å². The Balaban J connectivity index is 2.60. The van der Waals surface area contributed by atoms with E-state index in [4.69, 9.17) is 5.73 Å². The van der Waals surface area contributed by atoms with Crippen LogP contribution in [0.5, 0.6) is 0 Å². The molecule has 1 aromatic carbocycles. The average molecular weight is 202 g/mol. The summed E-state index contributed by atoms with van der Waals surface area (Å²) in [6.07, 6.45) is 0.986. The van der Waals surface area contributed by atoms with Gasteiger partial charge in [-0.3, -0.25) is 4.98 Å². The van der Waals surface area contributed by atoms with Gasteiger partial charge in [-0.15, -0.1) is 0 Å². The van der Waals surface area contributed by atoms with Crippen LogP contribution in [0.3, 0.4) is 0 Å².